The van der Waals surface area contributed by atoms with Crippen LogP contribution in [0.25, 0.3) is 0 Å². The summed E-state index contributed by atoms with van der Waals surface area (Å²) in [6.07, 6.45) is 1.48. The second-order valence-corrected chi connectivity index (χ2v) is 8.22. The molecule has 0 spiro atoms. The first-order chi connectivity index (χ1) is 11.6. The molecule has 0 aliphatic carbocycles. The van der Waals surface area contributed by atoms with Crippen molar-refractivity contribution in [2.24, 2.45) is 0 Å². The fraction of sp³-hybridized carbons (Fsp3) is 0.350. The third-order valence-electron chi connectivity index (χ3n) is 4.47. The summed E-state index contributed by atoms with van der Waals surface area (Å²) in [6.45, 7) is 1.98. The Morgan fingerprint density at radius 2 is 1.88 bits per heavy atom. The molecule has 0 unspecified atom stereocenters. The summed E-state index contributed by atoms with van der Waals surface area (Å²) >= 11 is 0.118. The van der Waals surface area contributed by atoms with Crippen molar-refractivity contribution in [3.8, 4) is 0 Å². The van der Waals surface area contributed by atoms with Crippen LogP contribution in [0.4, 0.5) is 0 Å². The number of aliphatic hydroxyl groups excluding tert-OH is 1. The van der Waals surface area contributed by atoms with Gasteiger partial charge >= 0.3 is 149 Å². The van der Waals surface area contributed by atoms with E-state index in [0.717, 1.165) is 22.9 Å². The van der Waals surface area contributed by atoms with Gasteiger partial charge < -0.3 is 0 Å². The van der Waals surface area contributed by atoms with Gasteiger partial charge in [-0.15, -0.1) is 0 Å². The number of hydrogen-bond donors (Lipinski definition) is 1. The molecule has 4 heteroatoms. The summed E-state index contributed by atoms with van der Waals surface area (Å²) in [5, 5.41) is 11.0. The number of cyclic esters (lactones) is 1. The minimum absolute atomic E-state index is 0.114. The first kappa shape index (κ1) is 17.2. The molecular weight excluding hydrogens is 367 g/mol. The Morgan fingerprint density at radius 1 is 1.17 bits per heavy atom. The zero-order valence-corrected chi connectivity index (χ0v) is 15.5. The van der Waals surface area contributed by atoms with Gasteiger partial charge in [0, 0.05) is 0 Å². The molecule has 0 aromatic heterocycles. The first-order valence-electron chi connectivity index (χ1n) is 8.32. The molecule has 1 N–H and O–H groups in total. The molecule has 126 valence electrons. The Hall–Kier alpha value is -1.61. The van der Waals surface area contributed by atoms with Crippen molar-refractivity contribution in [1.29, 1.82) is 0 Å². The van der Waals surface area contributed by atoms with E-state index in [9.17, 15) is 9.90 Å². The molecule has 3 nitrogen and oxygen atoms in total. The first-order valence-corrected chi connectivity index (χ1v) is 10.4. The molecule has 1 aliphatic rings. The predicted octanol–water partition coefficient (Wildman–Crippen LogP) is 3.11. The average Bonchev–Trinajstić information content (AvgIpc) is 3.02. The number of benzene rings is 2. The molecule has 24 heavy (non-hydrogen) atoms. The average molecular weight is 389 g/mol. The third kappa shape index (κ3) is 3.56. The van der Waals surface area contributed by atoms with Crippen LogP contribution < -0.4 is 4.46 Å². The second kappa shape index (κ2) is 7.52. The summed E-state index contributed by atoms with van der Waals surface area (Å²) in [7, 11) is 0. The van der Waals surface area contributed by atoms with Crippen LogP contribution in [-0.4, -0.2) is 26.0 Å². The molecule has 0 saturated carbocycles. The Morgan fingerprint density at radius 3 is 2.54 bits per heavy atom. The zero-order valence-electron chi connectivity index (χ0n) is 13.8. The van der Waals surface area contributed by atoms with Gasteiger partial charge in [0.25, 0.3) is 0 Å². The number of esters is 1. The molecule has 1 fully saturated rings. The van der Waals surface area contributed by atoms with Gasteiger partial charge in [0.15, 0.2) is 0 Å². The summed E-state index contributed by atoms with van der Waals surface area (Å²) in [4.78, 5) is 11.8. The number of ether oxygens (including phenoxy) is 1. The molecule has 0 bridgehead atoms. The molecule has 2 aromatic rings. The van der Waals surface area contributed by atoms with Crippen molar-refractivity contribution in [2.45, 2.75) is 43.2 Å². The van der Waals surface area contributed by atoms with Gasteiger partial charge in [0.1, 0.15) is 0 Å². The van der Waals surface area contributed by atoms with Gasteiger partial charge in [0.2, 0.25) is 0 Å². The predicted molar refractivity (Wildman–Crippen MR) is 95.3 cm³/mol. The topological polar surface area (TPSA) is 46.5 Å². The van der Waals surface area contributed by atoms with Crippen LogP contribution in [0, 0.1) is 0 Å². The molecule has 2 aromatic carbocycles. The summed E-state index contributed by atoms with van der Waals surface area (Å²) in [5.74, 6) is -0.114. The fourth-order valence-electron chi connectivity index (χ4n) is 3.06. The number of hydrogen-bond acceptors (Lipinski definition) is 3. The molecule has 1 heterocycles. The van der Waals surface area contributed by atoms with E-state index >= 15 is 0 Å². The van der Waals surface area contributed by atoms with Crippen LogP contribution in [0.1, 0.15) is 43.4 Å². The van der Waals surface area contributed by atoms with E-state index in [-0.39, 0.29) is 20.9 Å². The van der Waals surface area contributed by atoms with E-state index in [4.69, 9.17) is 4.74 Å². The number of rotatable bonds is 6. The summed E-state index contributed by atoms with van der Waals surface area (Å²) < 4.78 is 6.99. The van der Waals surface area contributed by atoms with Crippen molar-refractivity contribution in [2.75, 3.05) is 0 Å². The van der Waals surface area contributed by atoms with E-state index in [0.29, 0.717) is 12.8 Å². The quantitative estimate of drug-likeness (QED) is 0.610. The maximum absolute atomic E-state index is 11.8. The standard InChI is InChI=1S/C20H22O3Se/c1-2-17(21)16-10-6-7-11-18(16)24-14-20(13-12-19(22)23-20)15-8-4-3-5-9-15/h3-11,17,21H,2,12-14H2,1H3/t17-,20-/m0/s1. The normalized spacial score (nSPS) is 21.5. The molecule has 3 rings (SSSR count). The van der Waals surface area contributed by atoms with E-state index < -0.39 is 11.7 Å². The Kier molecular flexibility index (Phi) is 5.39. The monoisotopic (exact) mass is 390 g/mol. The van der Waals surface area contributed by atoms with Gasteiger partial charge in [-0.2, -0.15) is 0 Å². The van der Waals surface area contributed by atoms with Crippen molar-refractivity contribution in [3.63, 3.8) is 0 Å². The molecule has 1 aliphatic heterocycles. The number of carbonyl (C=O) groups excluding carboxylic acids is 1. The summed E-state index contributed by atoms with van der Waals surface area (Å²) in [5.41, 5.74) is 1.57. The van der Waals surface area contributed by atoms with Crippen LogP contribution in [0.5, 0.6) is 0 Å². The van der Waals surface area contributed by atoms with Gasteiger partial charge in [-0.05, 0) is 0 Å². The van der Waals surface area contributed by atoms with Crippen molar-refractivity contribution in [3.05, 3.63) is 65.7 Å². The van der Waals surface area contributed by atoms with E-state index in [1.807, 2.05) is 55.5 Å². The van der Waals surface area contributed by atoms with Crippen LogP contribution in [0.15, 0.2) is 54.6 Å². The molecule has 0 radical (unpaired) electrons. The van der Waals surface area contributed by atoms with Gasteiger partial charge in [-0.25, -0.2) is 0 Å². The zero-order chi connectivity index (χ0) is 17.0. The van der Waals surface area contributed by atoms with Crippen molar-refractivity contribution in [1.82, 2.24) is 0 Å². The fourth-order valence-corrected chi connectivity index (χ4v) is 5.79. The molecule has 1 saturated heterocycles. The van der Waals surface area contributed by atoms with E-state index in [1.165, 1.54) is 4.46 Å². The Labute approximate surface area is 149 Å². The second-order valence-electron chi connectivity index (χ2n) is 6.08. The van der Waals surface area contributed by atoms with E-state index in [2.05, 4.69) is 6.07 Å². The van der Waals surface area contributed by atoms with Gasteiger partial charge in [0.05, 0.1) is 0 Å². The van der Waals surface area contributed by atoms with Gasteiger partial charge in [-0.3, -0.25) is 0 Å². The van der Waals surface area contributed by atoms with Crippen LogP contribution in [0.3, 0.4) is 0 Å². The van der Waals surface area contributed by atoms with Gasteiger partial charge in [-0.1, -0.05) is 0 Å². The SMILES string of the molecule is CC[C@H](O)c1ccccc1[Se]C[C@]1(c2ccccc2)CCC(=O)O1. The van der Waals surface area contributed by atoms with Crippen molar-refractivity contribution < 1.29 is 14.6 Å². The number of aliphatic hydroxyl groups is 1. The van der Waals surface area contributed by atoms with Crippen LogP contribution in [0.2, 0.25) is 5.32 Å². The third-order valence-corrected chi connectivity index (χ3v) is 7.18. The maximum atomic E-state index is 11.8. The van der Waals surface area contributed by atoms with Crippen LogP contribution >= 0.6 is 0 Å². The minimum atomic E-state index is -0.511. The molecular formula is C20H22O3Se. The number of carbonyl (C=O) groups is 1. The Balaban J connectivity index is 1.85. The Bertz CT molecular complexity index is 701. The molecule has 2 atom stereocenters. The molecule has 0 amide bonds. The summed E-state index contributed by atoms with van der Waals surface area (Å²) in [6, 6.07) is 18.1. The van der Waals surface area contributed by atoms with E-state index in [1.54, 1.807) is 0 Å². The van der Waals surface area contributed by atoms with Crippen LogP contribution in [-0.2, 0) is 15.1 Å². The van der Waals surface area contributed by atoms with Crippen molar-refractivity contribution >= 4 is 25.4 Å².